The molecule has 1 rings (SSSR count). The number of carboxylic acid groups (broad SMARTS) is 1. The van der Waals surface area contributed by atoms with Crippen molar-refractivity contribution in [2.75, 3.05) is 34.0 Å². The molecule has 0 saturated carbocycles. The van der Waals surface area contributed by atoms with Gasteiger partial charge >= 0.3 is 12.1 Å². The third-order valence-electron chi connectivity index (χ3n) is 4.66. The minimum Gasteiger partial charge on any atom is -0.481 e. The van der Waals surface area contributed by atoms with Crippen molar-refractivity contribution in [3.8, 4) is 0 Å². The van der Waals surface area contributed by atoms with E-state index in [1.54, 1.807) is 13.8 Å². The van der Waals surface area contributed by atoms with Crippen LogP contribution >= 0.6 is 0 Å². The molecule has 0 spiro atoms. The molecule has 28 heavy (non-hydrogen) atoms. The highest BCUT2D eigenvalue weighted by Crippen LogP contribution is 2.28. The van der Waals surface area contributed by atoms with E-state index in [2.05, 4.69) is 13.2 Å². The SMILES string of the molecule is C=C[C@@](C)(COC)C(=O)N1C(=O)OC[C@@H]1C(C)C.C=C[C@@](C)(COC)C(=O)O. The average molecular weight is 399 g/mol. The van der Waals surface area contributed by atoms with Crippen molar-refractivity contribution in [1.29, 1.82) is 0 Å². The monoisotopic (exact) mass is 399 g/mol. The van der Waals surface area contributed by atoms with E-state index in [1.165, 1.54) is 31.3 Å². The number of nitrogens with zero attached hydrogens (tertiary/aromatic N) is 1. The number of amides is 2. The Hall–Kier alpha value is -2.19. The fraction of sp³-hybridized carbons (Fsp3) is 0.650. The van der Waals surface area contributed by atoms with Gasteiger partial charge in [0.1, 0.15) is 12.0 Å². The lowest BCUT2D eigenvalue weighted by atomic mass is 9.89. The van der Waals surface area contributed by atoms with Crippen LogP contribution in [-0.2, 0) is 23.8 Å². The molecule has 1 aliphatic heterocycles. The van der Waals surface area contributed by atoms with E-state index >= 15 is 0 Å². The summed E-state index contributed by atoms with van der Waals surface area (Å²) in [7, 11) is 2.97. The Bertz CT molecular complexity index is 589. The number of aliphatic carboxylic acids is 1. The van der Waals surface area contributed by atoms with Gasteiger partial charge in [-0.25, -0.2) is 9.69 Å². The van der Waals surface area contributed by atoms with E-state index in [-0.39, 0.29) is 37.7 Å². The maximum atomic E-state index is 12.5. The lowest BCUT2D eigenvalue weighted by Crippen LogP contribution is -2.49. The molecule has 1 aliphatic rings. The standard InChI is InChI=1S/C13H21NO4.C7H12O3/c1-6-13(4,8-17-5)11(15)14-10(9(2)3)7-18-12(14)16;1-4-7(2,5-10-3)6(8)9/h6,9-10H,1,7-8H2,2-5H3;4H,1,5H2,2-3H3,(H,8,9)/t10-,13+;7-/m10/s1. The van der Waals surface area contributed by atoms with Crippen molar-refractivity contribution in [3.63, 3.8) is 0 Å². The van der Waals surface area contributed by atoms with E-state index in [0.717, 1.165) is 0 Å². The summed E-state index contributed by atoms with van der Waals surface area (Å²) in [5.74, 6) is -1.08. The summed E-state index contributed by atoms with van der Waals surface area (Å²) in [6.45, 7) is 14.8. The highest BCUT2D eigenvalue weighted by Gasteiger charge is 2.45. The van der Waals surface area contributed by atoms with Gasteiger partial charge in [0.15, 0.2) is 0 Å². The van der Waals surface area contributed by atoms with Crippen molar-refractivity contribution in [3.05, 3.63) is 25.3 Å². The Kier molecular flexibility index (Phi) is 10.1. The number of carboxylic acids is 1. The molecule has 2 amide bonds. The maximum absolute atomic E-state index is 12.5. The second-order valence-electron chi connectivity index (χ2n) is 7.48. The Morgan fingerprint density at radius 1 is 1.21 bits per heavy atom. The van der Waals surface area contributed by atoms with Crippen LogP contribution in [0.2, 0.25) is 0 Å². The first-order valence-electron chi connectivity index (χ1n) is 8.93. The Balaban J connectivity index is 0.000000621. The van der Waals surface area contributed by atoms with Crippen molar-refractivity contribution < 1.29 is 33.7 Å². The molecule has 0 aromatic heterocycles. The number of cyclic esters (lactones) is 1. The van der Waals surface area contributed by atoms with Gasteiger partial charge in [0.25, 0.3) is 0 Å². The second-order valence-corrected chi connectivity index (χ2v) is 7.48. The summed E-state index contributed by atoms with van der Waals surface area (Å²) in [5, 5.41) is 8.61. The summed E-state index contributed by atoms with van der Waals surface area (Å²) in [6, 6.07) is -0.221. The molecular formula is C20H33NO7. The molecule has 1 N–H and O–H groups in total. The molecule has 0 radical (unpaired) electrons. The molecular weight excluding hydrogens is 366 g/mol. The lowest BCUT2D eigenvalue weighted by molar-refractivity contribution is -0.147. The zero-order chi connectivity index (χ0) is 22.1. The van der Waals surface area contributed by atoms with Gasteiger partial charge in [-0.15, -0.1) is 13.2 Å². The summed E-state index contributed by atoms with van der Waals surface area (Å²) >= 11 is 0. The van der Waals surface area contributed by atoms with Gasteiger partial charge < -0.3 is 19.3 Å². The third kappa shape index (κ3) is 6.17. The first-order valence-corrected chi connectivity index (χ1v) is 8.93. The maximum Gasteiger partial charge on any atom is 0.417 e. The van der Waals surface area contributed by atoms with Crippen LogP contribution in [0.5, 0.6) is 0 Å². The number of hydrogen-bond donors (Lipinski definition) is 1. The molecule has 0 aliphatic carbocycles. The molecule has 1 fully saturated rings. The van der Waals surface area contributed by atoms with Gasteiger partial charge in [0.05, 0.1) is 24.7 Å². The van der Waals surface area contributed by atoms with Crippen LogP contribution in [0.15, 0.2) is 25.3 Å². The number of carbonyl (C=O) groups excluding carboxylic acids is 2. The van der Waals surface area contributed by atoms with Crippen LogP contribution in [0.3, 0.4) is 0 Å². The first kappa shape index (κ1) is 25.8. The van der Waals surface area contributed by atoms with Gasteiger partial charge in [-0.05, 0) is 19.8 Å². The topological polar surface area (TPSA) is 102 Å². The van der Waals surface area contributed by atoms with Crippen LogP contribution in [0.25, 0.3) is 0 Å². The Morgan fingerprint density at radius 2 is 1.68 bits per heavy atom. The molecule has 0 aromatic rings. The van der Waals surface area contributed by atoms with Gasteiger partial charge in [0, 0.05) is 14.2 Å². The summed E-state index contributed by atoms with van der Waals surface area (Å²) in [6.07, 6.45) is 2.31. The molecule has 1 saturated heterocycles. The van der Waals surface area contributed by atoms with Crippen LogP contribution in [0.1, 0.15) is 27.7 Å². The van der Waals surface area contributed by atoms with E-state index in [1.807, 2.05) is 13.8 Å². The molecule has 1 heterocycles. The molecule has 8 nitrogen and oxygen atoms in total. The Morgan fingerprint density at radius 3 is 2.00 bits per heavy atom. The van der Waals surface area contributed by atoms with E-state index in [4.69, 9.17) is 19.3 Å². The third-order valence-corrected chi connectivity index (χ3v) is 4.66. The van der Waals surface area contributed by atoms with E-state index < -0.39 is 22.9 Å². The number of carbonyl (C=O) groups is 3. The number of ether oxygens (including phenoxy) is 3. The van der Waals surface area contributed by atoms with Gasteiger partial charge in [-0.3, -0.25) is 9.59 Å². The molecule has 0 unspecified atom stereocenters. The number of methoxy groups -OCH3 is 2. The molecule has 3 atom stereocenters. The second kappa shape index (κ2) is 11.0. The Labute approximate surface area is 167 Å². The minimum atomic E-state index is -0.950. The van der Waals surface area contributed by atoms with Crippen molar-refractivity contribution in [1.82, 2.24) is 4.90 Å². The van der Waals surface area contributed by atoms with Crippen molar-refractivity contribution in [2.45, 2.75) is 33.7 Å². The molecule has 8 heteroatoms. The number of hydrogen-bond acceptors (Lipinski definition) is 6. The average Bonchev–Trinajstić information content (AvgIpc) is 3.03. The van der Waals surface area contributed by atoms with Crippen LogP contribution in [0.4, 0.5) is 4.79 Å². The predicted octanol–water partition coefficient (Wildman–Crippen LogP) is 2.74. The summed E-state index contributed by atoms with van der Waals surface area (Å²) in [4.78, 5) is 35.9. The van der Waals surface area contributed by atoms with Crippen LogP contribution < -0.4 is 0 Å². The molecule has 0 bridgehead atoms. The number of imide groups is 1. The summed E-state index contributed by atoms with van der Waals surface area (Å²) < 4.78 is 14.7. The predicted molar refractivity (Wildman–Crippen MR) is 105 cm³/mol. The highest BCUT2D eigenvalue weighted by atomic mass is 16.6. The fourth-order valence-corrected chi connectivity index (χ4v) is 2.45. The molecule has 160 valence electrons. The normalized spacial score (nSPS) is 20.3. The van der Waals surface area contributed by atoms with Gasteiger partial charge in [-0.2, -0.15) is 0 Å². The van der Waals surface area contributed by atoms with Gasteiger partial charge in [-0.1, -0.05) is 26.0 Å². The largest absolute Gasteiger partial charge is 0.481 e. The highest BCUT2D eigenvalue weighted by molar-refractivity contribution is 5.97. The minimum absolute atomic E-state index is 0.150. The zero-order valence-electron chi connectivity index (χ0n) is 17.7. The van der Waals surface area contributed by atoms with Gasteiger partial charge in [0.2, 0.25) is 5.91 Å². The fourth-order valence-electron chi connectivity index (χ4n) is 2.45. The lowest BCUT2D eigenvalue weighted by Gasteiger charge is -2.31. The molecule has 0 aromatic carbocycles. The van der Waals surface area contributed by atoms with E-state index in [0.29, 0.717) is 0 Å². The van der Waals surface area contributed by atoms with Crippen molar-refractivity contribution >= 4 is 18.0 Å². The van der Waals surface area contributed by atoms with Crippen molar-refractivity contribution in [2.24, 2.45) is 16.7 Å². The van der Waals surface area contributed by atoms with Crippen LogP contribution in [0, 0.1) is 16.7 Å². The summed E-state index contributed by atoms with van der Waals surface area (Å²) in [5.41, 5.74) is -1.86. The number of rotatable bonds is 9. The zero-order valence-corrected chi connectivity index (χ0v) is 17.7. The first-order chi connectivity index (χ1) is 12.9. The van der Waals surface area contributed by atoms with Crippen LogP contribution in [-0.4, -0.2) is 68.1 Å². The smallest absolute Gasteiger partial charge is 0.417 e. The van der Waals surface area contributed by atoms with E-state index in [9.17, 15) is 14.4 Å². The quantitative estimate of drug-likeness (QED) is 0.595.